The Morgan fingerprint density at radius 3 is 2.62 bits per heavy atom. The number of aryl methyl sites for hydroxylation is 1. The van der Waals surface area contributed by atoms with Gasteiger partial charge in [0.25, 0.3) is 0 Å². The van der Waals surface area contributed by atoms with Gasteiger partial charge in [-0.1, -0.05) is 13.3 Å². The second-order valence-corrected chi connectivity index (χ2v) is 3.95. The molecule has 1 aliphatic rings. The molecule has 0 radical (unpaired) electrons. The molecule has 4 heteroatoms. The van der Waals surface area contributed by atoms with Crippen molar-refractivity contribution in [3.8, 4) is 0 Å². The van der Waals surface area contributed by atoms with Gasteiger partial charge in [-0.05, 0) is 19.3 Å². The van der Waals surface area contributed by atoms with Crippen LogP contribution in [0.15, 0.2) is 0 Å². The molecular formula is C9H16N4. The van der Waals surface area contributed by atoms with Crippen molar-refractivity contribution >= 4 is 5.95 Å². The standard InChI is InChI=1S/C9H16N4/c1-3-4-9(5-6-9)7-11-8(10)13(2)12-7/h3-6H2,1-2H3,(H2,10,11,12). The molecule has 1 heterocycles. The summed E-state index contributed by atoms with van der Waals surface area (Å²) in [6.07, 6.45) is 4.84. The van der Waals surface area contributed by atoms with Crippen LogP contribution in [-0.4, -0.2) is 14.8 Å². The van der Waals surface area contributed by atoms with Crippen LogP contribution >= 0.6 is 0 Å². The fraction of sp³-hybridized carbons (Fsp3) is 0.778. The predicted octanol–water partition coefficient (Wildman–Crippen LogP) is 1.23. The van der Waals surface area contributed by atoms with Crippen LogP contribution in [0.5, 0.6) is 0 Å². The van der Waals surface area contributed by atoms with Crippen molar-refractivity contribution in [2.45, 2.75) is 38.0 Å². The van der Waals surface area contributed by atoms with E-state index in [0.717, 1.165) is 5.82 Å². The Labute approximate surface area is 78.1 Å². The minimum Gasteiger partial charge on any atom is -0.368 e. The van der Waals surface area contributed by atoms with E-state index in [1.807, 2.05) is 7.05 Å². The highest BCUT2D eigenvalue weighted by Gasteiger charge is 2.46. The van der Waals surface area contributed by atoms with Gasteiger partial charge in [0.15, 0.2) is 5.82 Å². The maximum absolute atomic E-state index is 5.65. The second-order valence-electron chi connectivity index (χ2n) is 3.95. The fourth-order valence-corrected chi connectivity index (χ4v) is 1.84. The Bertz CT molecular complexity index is 292. The Hall–Kier alpha value is -1.06. The number of rotatable bonds is 3. The molecule has 0 bridgehead atoms. The van der Waals surface area contributed by atoms with Gasteiger partial charge in [-0.25, -0.2) is 4.68 Å². The van der Waals surface area contributed by atoms with Crippen molar-refractivity contribution in [2.24, 2.45) is 7.05 Å². The Kier molecular flexibility index (Phi) is 1.78. The van der Waals surface area contributed by atoms with Crippen LogP contribution in [0.1, 0.15) is 38.4 Å². The van der Waals surface area contributed by atoms with Gasteiger partial charge in [-0.15, -0.1) is 0 Å². The number of hydrogen-bond acceptors (Lipinski definition) is 3. The largest absolute Gasteiger partial charge is 0.368 e. The average Bonchev–Trinajstić information content (AvgIpc) is 2.78. The summed E-state index contributed by atoms with van der Waals surface area (Å²) in [4.78, 5) is 4.29. The number of nitrogen functional groups attached to an aromatic ring is 1. The van der Waals surface area contributed by atoms with Crippen LogP contribution in [-0.2, 0) is 12.5 Å². The summed E-state index contributed by atoms with van der Waals surface area (Å²) in [6.45, 7) is 2.20. The summed E-state index contributed by atoms with van der Waals surface area (Å²) >= 11 is 0. The summed E-state index contributed by atoms with van der Waals surface area (Å²) in [7, 11) is 1.84. The molecule has 1 aromatic heterocycles. The third-order valence-corrected chi connectivity index (χ3v) is 2.85. The lowest BCUT2D eigenvalue weighted by molar-refractivity contribution is 0.563. The molecular weight excluding hydrogens is 164 g/mol. The molecule has 0 saturated heterocycles. The predicted molar refractivity (Wildman–Crippen MR) is 51.2 cm³/mol. The van der Waals surface area contributed by atoms with Gasteiger partial charge in [0.1, 0.15) is 0 Å². The molecule has 4 nitrogen and oxygen atoms in total. The highest BCUT2D eigenvalue weighted by Crippen LogP contribution is 2.50. The number of anilines is 1. The van der Waals surface area contributed by atoms with Crippen LogP contribution in [0.3, 0.4) is 0 Å². The third kappa shape index (κ3) is 1.30. The SMILES string of the molecule is CCCC1(c2nc(N)n(C)n2)CC1. The van der Waals surface area contributed by atoms with E-state index in [4.69, 9.17) is 5.73 Å². The molecule has 13 heavy (non-hydrogen) atoms. The van der Waals surface area contributed by atoms with E-state index in [1.165, 1.54) is 25.7 Å². The molecule has 0 aliphatic heterocycles. The van der Waals surface area contributed by atoms with Crippen LogP contribution in [0, 0.1) is 0 Å². The average molecular weight is 180 g/mol. The van der Waals surface area contributed by atoms with Crippen molar-refractivity contribution in [1.29, 1.82) is 0 Å². The molecule has 0 spiro atoms. The fourth-order valence-electron chi connectivity index (χ4n) is 1.84. The highest BCUT2D eigenvalue weighted by atomic mass is 15.4. The molecule has 1 saturated carbocycles. The van der Waals surface area contributed by atoms with Crippen molar-refractivity contribution in [3.05, 3.63) is 5.82 Å². The van der Waals surface area contributed by atoms with Gasteiger partial charge >= 0.3 is 0 Å². The zero-order valence-electron chi connectivity index (χ0n) is 8.25. The zero-order valence-corrected chi connectivity index (χ0v) is 8.25. The van der Waals surface area contributed by atoms with E-state index in [2.05, 4.69) is 17.0 Å². The van der Waals surface area contributed by atoms with E-state index >= 15 is 0 Å². The highest BCUT2D eigenvalue weighted by molar-refractivity contribution is 5.24. The normalized spacial score (nSPS) is 18.9. The van der Waals surface area contributed by atoms with Crippen LogP contribution in [0.25, 0.3) is 0 Å². The summed E-state index contributed by atoms with van der Waals surface area (Å²) in [5.74, 6) is 1.48. The number of hydrogen-bond donors (Lipinski definition) is 1. The van der Waals surface area contributed by atoms with Gasteiger partial charge in [0, 0.05) is 12.5 Å². The Morgan fingerprint density at radius 2 is 2.23 bits per heavy atom. The van der Waals surface area contributed by atoms with Gasteiger partial charge in [0.2, 0.25) is 5.95 Å². The smallest absolute Gasteiger partial charge is 0.218 e. The first-order valence-electron chi connectivity index (χ1n) is 4.85. The van der Waals surface area contributed by atoms with E-state index in [1.54, 1.807) is 4.68 Å². The molecule has 1 fully saturated rings. The lowest BCUT2D eigenvalue weighted by Crippen LogP contribution is -2.08. The zero-order chi connectivity index (χ0) is 9.47. The number of nitrogens with two attached hydrogens (primary N) is 1. The molecule has 0 aromatic carbocycles. The summed E-state index contributed by atoms with van der Waals surface area (Å²) in [5.41, 5.74) is 5.93. The van der Waals surface area contributed by atoms with Crippen molar-refractivity contribution in [2.75, 3.05) is 5.73 Å². The maximum atomic E-state index is 5.65. The first-order valence-corrected chi connectivity index (χ1v) is 4.85. The Balaban J connectivity index is 2.25. The molecule has 1 aliphatic carbocycles. The third-order valence-electron chi connectivity index (χ3n) is 2.85. The molecule has 2 N–H and O–H groups in total. The van der Waals surface area contributed by atoms with E-state index in [0.29, 0.717) is 5.95 Å². The van der Waals surface area contributed by atoms with Crippen LogP contribution < -0.4 is 5.73 Å². The van der Waals surface area contributed by atoms with Crippen molar-refractivity contribution < 1.29 is 0 Å². The van der Waals surface area contributed by atoms with Gasteiger partial charge < -0.3 is 5.73 Å². The lowest BCUT2D eigenvalue weighted by atomic mass is 10.0. The maximum Gasteiger partial charge on any atom is 0.218 e. The quantitative estimate of drug-likeness (QED) is 0.761. The number of nitrogens with zero attached hydrogens (tertiary/aromatic N) is 3. The lowest BCUT2D eigenvalue weighted by Gasteiger charge is -2.07. The van der Waals surface area contributed by atoms with Crippen LogP contribution in [0.4, 0.5) is 5.95 Å². The van der Waals surface area contributed by atoms with Crippen molar-refractivity contribution in [3.63, 3.8) is 0 Å². The van der Waals surface area contributed by atoms with E-state index in [9.17, 15) is 0 Å². The summed E-state index contributed by atoms with van der Waals surface area (Å²) < 4.78 is 1.66. The Morgan fingerprint density at radius 1 is 1.54 bits per heavy atom. The summed E-state index contributed by atoms with van der Waals surface area (Å²) in [5, 5.41) is 4.34. The molecule has 72 valence electrons. The molecule has 1 aromatic rings. The molecule has 2 rings (SSSR count). The van der Waals surface area contributed by atoms with Crippen molar-refractivity contribution in [1.82, 2.24) is 14.8 Å². The van der Waals surface area contributed by atoms with E-state index in [-0.39, 0.29) is 5.41 Å². The number of aromatic nitrogens is 3. The monoisotopic (exact) mass is 180 g/mol. The van der Waals surface area contributed by atoms with Gasteiger partial charge in [-0.3, -0.25) is 0 Å². The minimum atomic E-state index is 0.282. The molecule has 0 atom stereocenters. The topological polar surface area (TPSA) is 56.7 Å². The summed E-state index contributed by atoms with van der Waals surface area (Å²) in [6, 6.07) is 0. The van der Waals surface area contributed by atoms with E-state index < -0.39 is 0 Å². The second kappa shape index (κ2) is 2.72. The van der Waals surface area contributed by atoms with Gasteiger partial charge in [-0.2, -0.15) is 10.1 Å². The molecule has 0 amide bonds. The molecule has 0 unspecified atom stereocenters. The first kappa shape index (κ1) is 8.53. The van der Waals surface area contributed by atoms with Gasteiger partial charge in [0.05, 0.1) is 0 Å². The minimum absolute atomic E-state index is 0.282. The van der Waals surface area contributed by atoms with Crippen LogP contribution in [0.2, 0.25) is 0 Å². The first-order chi connectivity index (χ1) is 6.18.